The van der Waals surface area contributed by atoms with Crippen molar-refractivity contribution in [2.45, 2.75) is 6.92 Å². The standard InChI is InChI=1S/C17H20N4S/c1-13-5-4-6-15(11-13)19-17(22)20-18-12-14-7-9-16(10-8-14)21(2)3/h4-12H,1-3H3,(H2,19,20,22)/b18-12+. The molecule has 114 valence electrons. The summed E-state index contributed by atoms with van der Waals surface area (Å²) >= 11 is 5.21. The summed E-state index contributed by atoms with van der Waals surface area (Å²) in [5.41, 5.74) is 7.11. The van der Waals surface area contributed by atoms with Crippen LogP contribution < -0.4 is 15.6 Å². The fourth-order valence-electron chi connectivity index (χ4n) is 1.91. The first-order valence-corrected chi connectivity index (χ1v) is 7.39. The van der Waals surface area contributed by atoms with E-state index in [1.54, 1.807) is 6.21 Å². The van der Waals surface area contributed by atoms with Gasteiger partial charge < -0.3 is 10.2 Å². The molecule has 2 aromatic rings. The number of nitrogens with one attached hydrogen (secondary N) is 2. The molecule has 5 heteroatoms. The molecule has 0 spiro atoms. The van der Waals surface area contributed by atoms with E-state index in [-0.39, 0.29) is 0 Å². The Hall–Kier alpha value is -2.40. The number of rotatable bonds is 4. The molecule has 0 amide bonds. The van der Waals surface area contributed by atoms with Gasteiger partial charge >= 0.3 is 0 Å². The predicted octanol–water partition coefficient (Wildman–Crippen LogP) is 3.38. The van der Waals surface area contributed by atoms with Crippen molar-refractivity contribution in [1.82, 2.24) is 5.43 Å². The Balaban J connectivity index is 1.87. The molecule has 2 N–H and O–H groups in total. The van der Waals surface area contributed by atoms with E-state index in [4.69, 9.17) is 12.2 Å². The molecule has 0 radical (unpaired) electrons. The van der Waals surface area contributed by atoms with E-state index < -0.39 is 0 Å². The molecule has 0 saturated heterocycles. The van der Waals surface area contributed by atoms with E-state index in [1.807, 2.05) is 69.6 Å². The lowest BCUT2D eigenvalue weighted by Gasteiger charge is -2.11. The highest BCUT2D eigenvalue weighted by Crippen LogP contribution is 2.11. The summed E-state index contributed by atoms with van der Waals surface area (Å²) in [5, 5.41) is 7.70. The molecule has 0 bridgehead atoms. The summed E-state index contributed by atoms with van der Waals surface area (Å²) in [6.45, 7) is 2.04. The topological polar surface area (TPSA) is 39.7 Å². The highest BCUT2D eigenvalue weighted by molar-refractivity contribution is 7.80. The van der Waals surface area contributed by atoms with Crippen LogP contribution in [-0.2, 0) is 0 Å². The zero-order valence-corrected chi connectivity index (χ0v) is 13.8. The van der Waals surface area contributed by atoms with Crippen LogP contribution in [0.5, 0.6) is 0 Å². The van der Waals surface area contributed by atoms with Gasteiger partial charge in [-0.2, -0.15) is 5.10 Å². The maximum absolute atomic E-state index is 5.21. The third kappa shape index (κ3) is 4.86. The summed E-state index contributed by atoms with van der Waals surface area (Å²) < 4.78 is 0. The molecule has 2 aromatic carbocycles. The molecule has 0 aromatic heterocycles. The normalized spacial score (nSPS) is 10.5. The van der Waals surface area contributed by atoms with Crippen molar-refractivity contribution < 1.29 is 0 Å². The van der Waals surface area contributed by atoms with E-state index in [0.717, 1.165) is 16.9 Å². The summed E-state index contributed by atoms with van der Waals surface area (Å²) in [6, 6.07) is 16.1. The molecule has 0 heterocycles. The van der Waals surface area contributed by atoms with Crippen LogP contribution in [-0.4, -0.2) is 25.4 Å². The quantitative estimate of drug-likeness (QED) is 0.516. The summed E-state index contributed by atoms with van der Waals surface area (Å²) in [5.74, 6) is 0. The SMILES string of the molecule is Cc1cccc(NC(=S)N/N=C/c2ccc(N(C)C)cc2)c1. The minimum absolute atomic E-state index is 0.465. The van der Waals surface area contributed by atoms with Crippen molar-refractivity contribution in [3.63, 3.8) is 0 Å². The number of aryl methyl sites for hydroxylation is 1. The zero-order valence-electron chi connectivity index (χ0n) is 13.0. The van der Waals surface area contributed by atoms with Crippen LogP contribution in [0.15, 0.2) is 53.6 Å². The minimum atomic E-state index is 0.465. The first-order chi connectivity index (χ1) is 10.5. The third-order valence-corrected chi connectivity index (χ3v) is 3.26. The first kappa shape index (κ1) is 16.0. The fourth-order valence-corrected chi connectivity index (χ4v) is 2.08. The maximum atomic E-state index is 5.21. The van der Waals surface area contributed by atoms with E-state index in [1.165, 1.54) is 5.56 Å². The van der Waals surface area contributed by atoms with Crippen LogP contribution in [0.25, 0.3) is 0 Å². The van der Waals surface area contributed by atoms with Gasteiger partial charge in [-0.25, -0.2) is 0 Å². The molecule has 0 aliphatic rings. The number of nitrogens with zero attached hydrogens (tertiary/aromatic N) is 2. The van der Waals surface area contributed by atoms with Crippen molar-refractivity contribution in [3.8, 4) is 0 Å². The number of hydrogen-bond donors (Lipinski definition) is 2. The minimum Gasteiger partial charge on any atom is -0.378 e. The Bertz CT molecular complexity index is 663. The van der Waals surface area contributed by atoms with Crippen LogP contribution in [0.1, 0.15) is 11.1 Å². The van der Waals surface area contributed by atoms with Gasteiger partial charge in [0.2, 0.25) is 0 Å². The lowest BCUT2D eigenvalue weighted by Crippen LogP contribution is -2.23. The van der Waals surface area contributed by atoms with Crippen molar-refractivity contribution in [3.05, 3.63) is 59.7 Å². The number of hydrazone groups is 1. The number of benzene rings is 2. The summed E-state index contributed by atoms with van der Waals surface area (Å²) in [7, 11) is 4.03. The molecular weight excluding hydrogens is 292 g/mol. The first-order valence-electron chi connectivity index (χ1n) is 6.99. The van der Waals surface area contributed by atoms with E-state index >= 15 is 0 Å². The van der Waals surface area contributed by atoms with Crippen LogP contribution in [0.3, 0.4) is 0 Å². The monoisotopic (exact) mass is 312 g/mol. The highest BCUT2D eigenvalue weighted by atomic mass is 32.1. The lowest BCUT2D eigenvalue weighted by atomic mass is 10.2. The Morgan fingerprint density at radius 1 is 1.14 bits per heavy atom. The molecule has 0 atom stereocenters. The van der Waals surface area contributed by atoms with Gasteiger partial charge in [-0.1, -0.05) is 24.3 Å². The molecule has 0 fully saturated rings. The average Bonchev–Trinajstić information content (AvgIpc) is 2.47. The van der Waals surface area contributed by atoms with Crippen molar-refractivity contribution in [2.24, 2.45) is 5.10 Å². The number of thiocarbonyl (C=S) groups is 1. The second-order valence-electron chi connectivity index (χ2n) is 5.18. The van der Waals surface area contributed by atoms with Gasteiger partial charge in [-0.15, -0.1) is 0 Å². The van der Waals surface area contributed by atoms with Crippen LogP contribution in [0.4, 0.5) is 11.4 Å². The summed E-state index contributed by atoms with van der Waals surface area (Å²) in [6.07, 6.45) is 1.74. The average molecular weight is 312 g/mol. The number of hydrogen-bond acceptors (Lipinski definition) is 3. The van der Waals surface area contributed by atoms with E-state index in [2.05, 4.69) is 20.7 Å². The molecule has 0 unspecified atom stereocenters. The smallest absolute Gasteiger partial charge is 0.191 e. The van der Waals surface area contributed by atoms with Gasteiger partial charge in [0.15, 0.2) is 5.11 Å². The van der Waals surface area contributed by atoms with Gasteiger partial charge in [0.05, 0.1) is 6.21 Å². The Morgan fingerprint density at radius 3 is 2.50 bits per heavy atom. The Morgan fingerprint density at radius 2 is 1.86 bits per heavy atom. The van der Waals surface area contributed by atoms with Crippen LogP contribution in [0.2, 0.25) is 0 Å². The van der Waals surface area contributed by atoms with Crippen LogP contribution >= 0.6 is 12.2 Å². The second-order valence-corrected chi connectivity index (χ2v) is 5.59. The second kappa shape index (κ2) is 7.56. The maximum Gasteiger partial charge on any atom is 0.191 e. The molecule has 4 nitrogen and oxygen atoms in total. The lowest BCUT2D eigenvalue weighted by molar-refractivity contribution is 1.05. The van der Waals surface area contributed by atoms with E-state index in [9.17, 15) is 0 Å². The van der Waals surface area contributed by atoms with E-state index in [0.29, 0.717) is 5.11 Å². The van der Waals surface area contributed by atoms with Gasteiger partial charge in [0.1, 0.15) is 0 Å². The fraction of sp³-hybridized carbons (Fsp3) is 0.176. The Labute approximate surface area is 136 Å². The highest BCUT2D eigenvalue weighted by Gasteiger charge is 1.97. The Kier molecular flexibility index (Phi) is 5.49. The summed E-state index contributed by atoms with van der Waals surface area (Å²) in [4.78, 5) is 2.06. The van der Waals surface area contributed by atoms with Crippen LogP contribution in [0, 0.1) is 6.92 Å². The number of anilines is 2. The predicted molar refractivity (Wildman–Crippen MR) is 98.9 cm³/mol. The molecule has 2 rings (SSSR count). The molecular formula is C17H20N4S. The van der Waals surface area contributed by atoms with Gasteiger partial charge in [-0.3, -0.25) is 5.43 Å². The van der Waals surface area contributed by atoms with Crippen molar-refractivity contribution in [1.29, 1.82) is 0 Å². The van der Waals surface area contributed by atoms with Gasteiger partial charge in [0, 0.05) is 25.5 Å². The molecule has 0 saturated carbocycles. The third-order valence-electron chi connectivity index (χ3n) is 3.07. The molecule has 0 aliphatic heterocycles. The largest absolute Gasteiger partial charge is 0.378 e. The molecule has 0 aliphatic carbocycles. The van der Waals surface area contributed by atoms with Gasteiger partial charge in [-0.05, 0) is 54.5 Å². The van der Waals surface area contributed by atoms with Gasteiger partial charge in [0.25, 0.3) is 0 Å². The molecule has 22 heavy (non-hydrogen) atoms. The zero-order chi connectivity index (χ0) is 15.9. The van der Waals surface area contributed by atoms with Crippen molar-refractivity contribution >= 4 is 34.9 Å². The van der Waals surface area contributed by atoms with Crippen molar-refractivity contribution in [2.75, 3.05) is 24.3 Å².